The summed E-state index contributed by atoms with van der Waals surface area (Å²) in [5, 5.41) is 0.630. The standard InChI is InChI=1S/C16H13BrCl3F/c17-15-11(3-1-6-14(15)21)8-16(9-18,10-19)12-4-2-5-13(20)7-12/h1-7H,8-10H2. The Kier molecular flexibility index (Phi) is 5.96. The Balaban J connectivity index is 2.45. The van der Waals surface area contributed by atoms with Crippen LogP contribution < -0.4 is 0 Å². The van der Waals surface area contributed by atoms with Gasteiger partial charge in [-0.1, -0.05) is 35.9 Å². The van der Waals surface area contributed by atoms with Gasteiger partial charge in [0.2, 0.25) is 0 Å². The molecule has 0 spiro atoms. The van der Waals surface area contributed by atoms with Crippen molar-refractivity contribution in [2.45, 2.75) is 11.8 Å². The van der Waals surface area contributed by atoms with Crippen LogP contribution in [0.2, 0.25) is 5.02 Å². The summed E-state index contributed by atoms with van der Waals surface area (Å²) in [4.78, 5) is 0. The fourth-order valence-electron chi connectivity index (χ4n) is 2.25. The number of hydrogen-bond donors (Lipinski definition) is 0. The molecule has 0 unspecified atom stereocenters. The first kappa shape index (κ1) is 17.1. The normalized spacial score (nSPS) is 11.7. The number of rotatable bonds is 5. The SMILES string of the molecule is Fc1cccc(CC(CCl)(CCl)c2cccc(Cl)c2)c1Br. The van der Waals surface area contributed by atoms with Gasteiger partial charge in [-0.3, -0.25) is 0 Å². The van der Waals surface area contributed by atoms with Gasteiger partial charge in [0.1, 0.15) is 5.82 Å². The smallest absolute Gasteiger partial charge is 0.137 e. The molecule has 21 heavy (non-hydrogen) atoms. The van der Waals surface area contributed by atoms with Crippen LogP contribution in [0.3, 0.4) is 0 Å². The molecule has 0 atom stereocenters. The zero-order valence-electron chi connectivity index (χ0n) is 11.1. The van der Waals surface area contributed by atoms with Crippen molar-refractivity contribution in [3.8, 4) is 0 Å². The highest BCUT2D eigenvalue weighted by Gasteiger charge is 2.32. The Hall–Kier alpha value is -0.280. The van der Waals surface area contributed by atoms with Gasteiger partial charge in [-0.2, -0.15) is 0 Å². The Bertz CT molecular complexity index is 627. The van der Waals surface area contributed by atoms with Crippen molar-refractivity contribution in [2.75, 3.05) is 11.8 Å². The van der Waals surface area contributed by atoms with Crippen LogP contribution in [0, 0.1) is 5.82 Å². The highest BCUT2D eigenvalue weighted by molar-refractivity contribution is 9.10. The first-order valence-corrected chi connectivity index (χ1v) is 8.57. The van der Waals surface area contributed by atoms with E-state index in [2.05, 4.69) is 15.9 Å². The largest absolute Gasteiger partial charge is 0.206 e. The predicted octanol–water partition coefficient (Wildman–Crippen LogP) is 6.20. The molecule has 0 fully saturated rings. The van der Waals surface area contributed by atoms with Crippen LogP contribution in [0.4, 0.5) is 4.39 Å². The monoisotopic (exact) mass is 408 g/mol. The molecule has 0 amide bonds. The summed E-state index contributed by atoms with van der Waals surface area (Å²) < 4.78 is 14.1. The number of hydrogen-bond acceptors (Lipinski definition) is 0. The van der Waals surface area contributed by atoms with Crippen LogP contribution in [-0.4, -0.2) is 11.8 Å². The van der Waals surface area contributed by atoms with Crippen LogP contribution in [0.5, 0.6) is 0 Å². The third-order valence-electron chi connectivity index (χ3n) is 3.51. The van der Waals surface area contributed by atoms with Crippen molar-refractivity contribution in [1.82, 2.24) is 0 Å². The van der Waals surface area contributed by atoms with Crippen LogP contribution in [0.25, 0.3) is 0 Å². The minimum Gasteiger partial charge on any atom is -0.206 e. The van der Waals surface area contributed by atoms with Crippen molar-refractivity contribution in [3.05, 3.63) is 68.9 Å². The fraction of sp³-hybridized carbons (Fsp3) is 0.250. The second kappa shape index (κ2) is 7.32. The quantitative estimate of drug-likeness (QED) is 0.515. The second-order valence-electron chi connectivity index (χ2n) is 4.95. The minimum atomic E-state index is -0.496. The maximum absolute atomic E-state index is 13.7. The second-order valence-corrected chi connectivity index (χ2v) is 6.71. The Morgan fingerprint density at radius 1 is 1.05 bits per heavy atom. The third kappa shape index (κ3) is 3.73. The van der Waals surface area contributed by atoms with E-state index in [1.807, 2.05) is 24.3 Å². The zero-order valence-corrected chi connectivity index (χ0v) is 14.9. The van der Waals surface area contributed by atoms with E-state index < -0.39 is 5.41 Å². The molecule has 2 aromatic carbocycles. The first-order valence-electron chi connectivity index (χ1n) is 6.33. The molecule has 2 aromatic rings. The molecule has 0 saturated heterocycles. The minimum absolute atomic E-state index is 0.295. The molecule has 0 aliphatic carbocycles. The van der Waals surface area contributed by atoms with Gasteiger partial charge in [0.15, 0.2) is 0 Å². The molecule has 112 valence electrons. The maximum Gasteiger partial charge on any atom is 0.137 e. The number of alkyl halides is 2. The molecule has 2 rings (SSSR count). The molecule has 0 aromatic heterocycles. The molecule has 0 bridgehead atoms. The molecular formula is C16H13BrCl3F. The van der Waals surface area contributed by atoms with Crippen molar-refractivity contribution in [3.63, 3.8) is 0 Å². The van der Waals surface area contributed by atoms with Gasteiger partial charge in [-0.15, -0.1) is 23.2 Å². The fourth-order valence-corrected chi connectivity index (χ4v) is 3.63. The molecule has 0 radical (unpaired) electrons. The van der Waals surface area contributed by atoms with Crippen LogP contribution >= 0.6 is 50.7 Å². The lowest BCUT2D eigenvalue weighted by atomic mass is 9.78. The van der Waals surface area contributed by atoms with E-state index in [9.17, 15) is 4.39 Å². The highest BCUT2D eigenvalue weighted by Crippen LogP contribution is 2.35. The van der Waals surface area contributed by atoms with Gasteiger partial charge in [0.25, 0.3) is 0 Å². The molecule has 0 aliphatic rings. The van der Waals surface area contributed by atoms with E-state index >= 15 is 0 Å². The molecule has 0 N–H and O–H groups in total. The first-order chi connectivity index (χ1) is 10.0. The lowest BCUT2D eigenvalue weighted by molar-refractivity contribution is 0.530. The zero-order chi connectivity index (χ0) is 15.5. The summed E-state index contributed by atoms with van der Waals surface area (Å²) in [6, 6.07) is 12.4. The number of benzene rings is 2. The molecule has 0 aliphatic heterocycles. The molecule has 0 saturated carbocycles. The van der Waals surface area contributed by atoms with Crippen LogP contribution in [-0.2, 0) is 11.8 Å². The summed E-state index contributed by atoms with van der Waals surface area (Å²) in [7, 11) is 0. The average Bonchev–Trinajstić information content (AvgIpc) is 2.49. The van der Waals surface area contributed by atoms with E-state index in [1.165, 1.54) is 6.07 Å². The summed E-state index contributed by atoms with van der Waals surface area (Å²) in [5.41, 5.74) is 1.29. The number of halogens is 5. The van der Waals surface area contributed by atoms with Gasteiger partial charge in [0, 0.05) is 22.2 Å². The van der Waals surface area contributed by atoms with E-state index in [0.717, 1.165) is 11.1 Å². The van der Waals surface area contributed by atoms with Crippen molar-refractivity contribution >= 4 is 50.7 Å². The van der Waals surface area contributed by atoms with Gasteiger partial charge >= 0.3 is 0 Å². The van der Waals surface area contributed by atoms with Crippen LogP contribution in [0.1, 0.15) is 11.1 Å². The van der Waals surface area contributed by atoms with Crippen LogP contribution in [0.15, 0.2) is 46.9 Å². The van der Waals surface area contributed by atoms with Crippen molar-refractivity contribution < 1.29 is 4.39 Å². The van der Waals surface area contributed by atoms with Crippen molar-refractivity contribution in [2.24, 2.45) is 0 Å². The Labute approximate surface area is 147 Å². The molecule has 5 heteroatoms. The van der Waals surface area contributed by atoms with Gasteiger partial charge in [-0.25, -0.2) is 4.39 Å². The topological polar surface area (TPSA) is 0 Å². The van der Waals surface area contributed by atoms with Gasteiger partial charge in [-0.05, 0) is 51.7 Å². The highest BCUT2D eigenvalue weighted by atomic mass is 79.9. The third-order valence-corrected chi connectivity index (χ3v) is 5.66. The average molecular weight is 411 g/mol. The van der Waals surface area contributed by atoms with E-state index in [-0.39, 0.29) is 5.82 Å². The summed E-state index contributed by atoms with van der Waals surface area (Å²) in [6.45, 7) is 0. The lowest BCUT2D eigenvalue weighted by Crippen LogP contribution is -2.33. The Morgan fingerprint density at radius 2 is 1.71 bits per heavy atom. The summed E-state index contributed by atoms with van der Waals surface area (Å²) >= 11 is 21.8. The summed E-state index contributed by atoms with van der Waals surface area (Å²) in [5.74, 6) is 0.344. The van der Waals surface area contributed by atoms with E-state index in [4.69, 9.17) is 34.8 Å². The summed E-state index contributed by atoms with van der Waals surface area (Å²) in [6.07, 6.45) is 0.526. The maximum atomic E-state index is 13.7. The van der Waals surface area contributed by atoms with Gasteiger partial charge in [0.05, 0.1) is 4.47 Å². The van der Waals surface area contributed by atoms with E-state index in [1.54, 1.807) is 12.1 Å². The Morgan fingerprint density at radius 3 is 2.33 bits per heavy atom. The molecule has 0 heterocycles. The van der Waals surface area contributed by atoms with E-state index in [0.29, 0.717) is 27.7 Å². The van der Waals surface area contributed by atoms with Gasteiger partial charge < -0.3 is 0 Å². The molecular weight excluding hydrogens is 397 g/mol. The molecule has 0 nitrogen and oxygen atoms in total. The lowest BCUT2D eigenvalue weighted by Gasteiger charge is -2.31. The van der Waals surface area contributed by atoms with Crippen molar-refractivity contribution in [1.29, 1.82) is 0 Å². The predicted molar refractivity (Wildman–Crippen MR) is 92.4 cm³/mol.